The molecule has 1 aliphatic rings. The molecule has 0 unspecified atom stereocenters. The van der Waals surface area contributed by atoms with Gasteiger partial charge in [-0.05, 0) is 0 Å². The molecule has 0 aliphatic carbocycles. The van der Waals surface area contributed by atoms with Gasteiger partial charge in [0.05, 0.1) is 13.2 Å². The highest BCUT2D eigenvalue weighted by Gasteiger charge is 2.31. The SMILES string of the molecule is O=S(=O)(F)C1COC1. The van der Waals surface area contributed by atoms with Crippen molar-refractivity contribution >= 4 is 10.2 Å². The molecular formula is C3H5FO3S. The van der Waals surface area contributed by atoms with Crippen LogP contribution in [0.1, 0.15) is 0 Å². The minimum absolute atomic E-state index is 0.0127. The van der Waals surface area contributed by atoms with E-state index in [2.05, 4.69) is 4.74 Å². The zero-order chi connectivity index (χ0) is 6.20. The van der Waals surface area contributed by atoms with Crippen LogP contribution in [0.5, 0.6) is 0 Å². The van der Waals surface area contributed by atoms with E-state index in [0.717, 1.165) is 0 Å². The molecule has 1 fully saturated rings. The monoisotopic (exact) mass is 140 g/mol. The van der Waals surface area contributed by atoms with Gasteiger partial charge in [-0.3, -0.25) is 0 Å². The smallest absolute Gasteiger partial charge is 0.309 e. The molecule has 1 aliphatic heterocycles. The van der Waals surface area contributed by atoms with Gasteiger partial charge < -0.3 is 4.74 Å². The van der Waals surface area contributed by atoms with Crippen molar-refractivity contribution in [3.63, 3.8) is 0 Å². The fourth-order valence-electron chi connectivity index (χ4n) is 0.377. The van der Waals surface area contributed by atoms with Gasteiger partial charge in [0.1, 0.15) is 5.25 Å². The number of hydrogen-bond acceptors (Lipinski definition) is 3. The Labute approximate surface area is 46.7 Å². The van der Waals surface area contributed by atoms with E-state index in [4.69, 9.17) is 0 Å². The summed E-state index contributed by atoms with van der Waals surface area (Å²) in [5, 5.41) is -0.887. The summed E-state index contributed by atoms with van der Waals surface area (Å²) < 4.78 is 35.9. The zero-order valence-electron chi connectivity index (χ0n) is 4.00. The lowest BCUT2D eigenvalue weighted by molar-refractivity contribution is 0.0399. The summed E-state index contributed by atoms with van der Waals surface area (Å²) in [5.74, 6) is 0. The van der Waals surface area contributed by atoms with Gasteiger partial charge >= 0.3 is 10.2 Å². The van der Waals surface area contributed by atoms with Crippen molar-refractivity contribution in [1.82, 2.24) is 0 Å². The van der Waals surface area contributed by atoms with Gasteiger partial charge in [-0.2, -0.15) is 8.42 Å². The van der Waals surface area contributed by atoms with E-state index < -0.39 is 15.5 Å². The largest absolute Gasteiger partial charge is 0.378 e. The van der Waals surface area contributed by atoms with Gasteiger partial charge in [-0.25, -0.2) is 0 Å². The van der Waals surface area contributed by atoms with E-state index in [-0.39, 0.29) is 13.2 Å². The first-order valence-corrected chi connectivity index (χ1v) is 3.56. The Balaban J connectivity index is 2.60. The second-order valence-corrected chi connectivity index (χ2v) is 3.25. The normalized spacial score (nSPS) is 22.6. The molecule has 0 atom stereocenters. The first-order valence-electron chi connectivity index (χ1n) is 2.12. The van der Waals surface area contributed by atoms with Crippen LogP contribution in [0.4, 0.5) is 3.89 Å². The molecule has 0 spiro atoms. The Morgan fingerprint density at radius 2 is 2.00 bits per heavy atom. The van der Waals surface area contributed by atoms with Crippen LogP contribution in [0.25, 0.3) is 0 Å². The first kappa shape index (κ1) is 5.97. The van der Waals surface area contributed by atoms with Crippen LogP contribution < -0.4 is 0 Å². The van der Waals surface area contributed by atoms with E-state index in [1.54, 1.807) is 0 Å². The van der Waals surface area contributed by atoms with E-state index >= 15 is 0 Å². The van der Waals surface area contributed by atoms with Gasteiger partial charge in [0.2, 0.25) is 0 Å². The van der Waals surface area contributed by atoms with Gasteiger partial charge in [0.15, 0.2) is 0 Å². The van der Waals surface area contributed by atoms with Crippen molar-refractivity contribution in [2.45, 2.75) is 5.25 Å². The van der Waals surface area contributed by atoms with Crippen molar-refractivity contribution < 1.29 is 17.0 Å². The summed E-state index contributed by atoms with van der Waals surface area (Å²) in [6.07, 6.45) is 0. The van der Waals surface area contributed by atoms with E-state index in [1.807, 2.05) is 0 Å². The van der Waals surface area contributed by atoms with E-state index in [1.165, 1.54) is 0 Å². The molecule has 0 aromatic rings. The average molecular weight is 140 g/mol. The minimum Gasteiger partial charge on any atom is -0.378 e. The van der Waals surface area contributed by atoms with Crippen molar-refractivity contribution in [2.24, 2.45) is 0 Å². The molecule has 0 saturated carbocycles. The van der Waals surface area contributed by atoms with Crippen LogP contribution in [0.2, 0.25) is 0 Å². The standard InChI is InChI=1S/C3H5FO3S/c4-8(5,6)3-1-7-2-3/h3H,1-2H2. The number of halogens is 1. The van der Waals surface area contributed by atoms with Gasteiger partial charge in [0, 0.05) is 0 Å². The molecule has 0 bridgehead atoms. The number of ether oxygens (including phenoxy) is 1. The molecule has 8 heavy (non-hydrogen) atoms. The zero-order valence-corrected chi connectivity index (χ0v) is 4.82. The molecule has 1 heterocycles. The second-order valence-electron chi connectivity index (χ2n) is 1.64. The lowest BCUT2D eigenvalue weighted by Crippen LogP contribution is -2.38. The third kappa shape index (κ3) is 0.976. The van der Waals surface area contributed by atoms with Crippen LogP contribution in [0.3, 0.4) is 0 Å². The summed E-state index contributed by atoms with van der Waals surface area (Å²) in [5.41, 5.74) is 0. The molecule has 1 saturated heterocycles. The molecule has 0 radical (unpaired) electrons. The lowest BCUT2D eigenvalue weighted by Gasteiger charge is -2.20. The highest BCUT2D eigenvalue weighted by Crippen LogP contribution is 2.12. The summed E-state index contributed by atoms with van der Waals surface area (Å²) in [6, 6.07) is 0. The fraction of sp³-hybridized carbons (Fsp3) is 1.00. The Morgan fingerprint density at radius 1 is 1.50 bits per heavy atom. The molecule has 48 valence electrons. The highest BCUT2D eigenvalue weighted by molar-refractivity contribution is 7.87. The van der Waals surface area contributed by atoms with Gasteiger partial charge in [-0.1, -0.05) is 0 Å². The predicted molar refractivity (Wildman–Crippen MR) is 24.6 cm³/mol. The summed E-state index contributed by atoms with van der Waals surface area (Å²) in [6.45, 7) is 0.0255. The first-order chi connectivity index (χ1) is 3.61. The minimum atomic E-state index is -4.29. The van der Waals surface area contributed by atoms with Crippen LogP contribution in [0.15, 0.2) is 0 Å². The van der Waals surface area contributed by atoms with Gasteiger partial charge in [0.25, 0.3) is 0 Å². The fourth-order valence-corrected chi connectivity index (χ4v) is 0.894. The molecule has 0 N–H and O–H groups in total. The van der Waals surface area contributed by atoms with Gasteiger partial charge in [-0.15, -0.1) is 3.89 Å². The summed E-state index contributed by atoms with van der Waals surface area (Å²) in [7, 11) is -4.29. The van der Waals surface area contributed by atoms with E-state index in [9.17, 15) is 12.3 Å². The quantitative estimate of drug-likeness (QED) is 0.469. The molecule has 0 amide bonds. The van der Waals surface area contributed by atoms with E-state index in [0.29, 0.717) is 0 Å². The summed E-state index contributed by atoms with van der Waals surface area (Å²) >= 11 is 0. The molecular weight excluding hydrogens is 135 g/mol. The lowest BCUT2D eigenvalue weighted by atomic mass is 10.4. The highest BCUT2D eigenvalue weighted by atomic mass is 32.3. The molecule has 1 rings (SSSR count). The van der Waals surface area contributed by atoms with Crippen LogP contribution in [-0.2, 0) is 15.0 Å². The van der Waals surface area contributed by atoms with Crippen molar-refractivity contribution in [2.75, 3.05) is 13.2 Å². The topological polar surface area (TPSA) is 43.4 Å². The number of hydrogen-bond donors (Lipinski definition) is 0. The predicted octanol–water partition coefficient (Wildman–Crippen LogP) is -0.315. The Morgan fingerprint density at radius 3 is 2.00 bits per heavy atom. The summed E-state index contributed by atoms with van der Waals surface area (Å²) in [4.78, 5) is 0. The maximum absolute atomic E-state index is 11.7. The maximum Gasteiger partial charge on any atom is 0.309 e. The molecule has 5 heteroatoms. The third-order valence-electron chi connectivity index (χ3n) is 1.01. The number of rotatable bonds is 1. The van der Waals surface area contributed by atoms with Crippen molar-refractivity contribution in [3.8, 4) is 0 Å². The average Bonchev–Trinajstić information content (AvgIpc) is 1.16. The van der Waals surface area contributed by atoms with Crippen molar-refractivity contribution in [1.29, 1.82) is 0 Å². The third-order valence-corrected chi connectivity index (χ3v) is 2.07. The maximum atomic E-state index is 11.7. The Bertz CT molecular complexity index is 169. The molecule has 0 aromatic carbocycles. The van der Waals surface area contributed by atoms with Crippen LogP contribution in [-0.4, -0.2) is 26.9 Å². The Hall–Kier alpha value is -0.160. The second kappa shape index (κ2) is 1.66. The molecule has 3 nitrogen and oxygen atoms in total. The van der Waals surface area contributed by atoms with Crippen LogP contribution in [0, 0.1) is 0 Å². The van der Waals surface area contributed by atoms with Crippen LogP contribution >= 0.6 is 0 Å². The Kier molecular flexibility index (Phi) is 1.24. The molecule has 0 aromatic heterocycles. The van der Waals surface area contributed by atoms with Crippen molar-refractivity contribution in [3.05, 3.63) is 0 Å².